The molecule has 0 aromatic heterocycles. The monoisotopic (exact) mass is 351 g/mol. The van der Waals surface area contributed by atoms with Crippen molar-refractivity contribution in [2.24, 2.45) is 0 Å². The molecule has 0 saturated heterocycles. The Morgan fingerprint density at radius 1 is 1.04 bits per heavy atom. The first kappa shape index (κ1) is 20.4. The average molecular weight is 351 g/mol. The van der Waals surface area contributed by atoms with Crippen molar-refractivity contribution in [1.29, 1.82) is 0 Å². The molecule has 1 aromatic rings. The number of nitrogens with one attached hydrogen (secondary N) is 4. The number of hydrogen-bond donors (Lipinski definition) is 4. The number of urea groups is 1. The minimum absolute atomic E-state index is 0.00754. The van der Waals surface area contributed by atoms with Gasteiger partial charge in [0.1, 0.15) is 5.75 Å². The Labute approximate surface area is 147 Å². The second-order valence-electron chi connectivity index (χ2n) is 6.84. The van der Waals surface area contributed by atoms with Gasteiger partial charge in [0.25, 0.3) is 11.8 Å². The number of carbonyl (C=O) groups excluding carboxylic acids is 3. The highest BCUT2D eigenvalue weighted by atomic mass is 16.5. The van der Waals surface area contributed by atoms with Crippen molar-refractivity contribution in [3.63, 3.8) is 0 Å². The van der Waals surface area contributed by atoms with Gasteiger partial charge in [0.2, 0.25) is 0 Å². The van der Waals surface area contributed by atoms with Crippen LogP contribution in [0.1, 0.15) is 20.8 Å². The largest absolute Gasteiger partial charge is 0.497 e. The molecule has 8 heteroatoms. The number of benzene rings is 1. The fraction of sp³-hybridized carbons (Fsp3) is 0.471. The molecule has 1 atom stereocenters. The molecule has 138 valence electrons. The maximum Gasteiger partial charge on any atom is 0.322 e. The van der Waals surface area contributed by atoms with Crippen LogP contribution < -0.4 is 25.6 Å². The third-order valence-electron chi connectivity index (χ3n) is 3.04. The lowest BCUT2D eigenvalue weighted by Crippen LogP contribution is -3.11. The van der Waals surface area contributed by atoms with Crippen molar-refractivity contribution in [1.82, 2.24) is 10.6 Å². The Kier molecular flexibility index (Phi) is 7.38. The maximum atomic E-state index is 12.0. The second kappa shape index (κ2) is 9.03. The van der Waals surface area contributed by atoms with Gasteiger partial charge in [0.05, 0.1) is 14.2 Å². The lowest BCUT2D eigenvalue weighted by Gasteiger charge is -2.20. The van der Waals surface area contributed by atoms with Gasteiger partial charge in [0.15, 0.2) is 13.1 Å². The first-order valence-electron chi connectivity index (χ1n) is 7.96. The van der Waals surface area contributed by atoms with Gasteiger partial charge in [-0.05, 0) is 45.0 Å². The van der Waals surface area contributed by atoms with Crippen molar-refractivity contribution >= 4 is 23.5 Å². The van der Waals surface area contributed by atoms with E-state index in [-0.39, 0.29) is 19.0 Å². The Hall–Kier alpha value is -2.61. The third kappa shape index (κ3) is 8.71. The van der Waals surface area contributed by atoms with Gasteiger partial charge in [0, 0.05) is 11.2 Å². The molecule has 0 saturated carbocycles. The summed E-state index contributed by atoms with van der Waals surface area (Å²) >= 11 is 0. The molecule has 0 aliphatic heterocycles. The SMILES string of the molecule is COc1ccc(NC(=O)C[NH+](C)CC(=O)NC(=O)NC(C)(C)C)cc1. The van der Waals surface area contributed by atoms with E-state index in [0.29, 0.717) is 16.3 Å². The number of ether oxygens (including phenoxy) is 1. The molecule has 4 amide bonds. The van der Waals surface area contributed by atoms with E-state index in [0.717, 1.165) is 0 Å². The molecular weight excluding hydrogens is 324 g/mol. The summed E-state index contributed by atoms with van der Waals surface area (Å²) in [5.41, 5.74) is 0.217. The summed E-state index contributed by atoms with van der Waals surface area (Å²) in [5, 5.41) is 7.63. The zero-order chi connectivity index (χ0) is 19.0. The van der Waals surface area contributed by atoms with Crippen LogP contribution in [-0.4, -0.2) is 50.6 Å². The standard InChI is InChI=1S/C17H26N4O4/c1-17(2,3)20-16(24)19-15(23)11-21(4)10-14(22)18-12-6-8-13(25-5)9-7-12/h6-9H,10-11H2,1-5H3,(H,18,22)(H2,19,20,23,24)/p+1. The summed E-state index contributed by atoms with van der Waals surface area (Å²) in [4.78, 5) is 36.1. The summed E-state index contributed by atoms with van der Waals surface area (Å²) in [5.74, 6) is 0.0250. The molecule has 1 rings (SSSR count). The van der Waals surface area contributed by atoms with Crippen molar-refractivity contribution < 1.29 is 24.0 Å². The number of anilines is 1. The first-order chi connectivity index (χ1) is 11.6. The average Bonchev–Trinajstić information content (AvgIpc) is 2.45. The van der Waals surface area contributed by atoms with Gasteiger partial charge in [-0.1, -0.05) is 0 Å². The van der Waals surface area contributed by atoms with Gasteiger partial charge < -0.3 is 20.3 Å². The lowest BCUT2D eigenvalue weighted by atomic mass is 10.1. The molecule has 0 spiro atoms. The van der Waals surface area contributed by atoms with E-state index in [1.807, 2.05) is 20.8 Å². The molecule has 0 fully saturated rings. The highest BCUT2D eigenvalue weighted by Crippen LogP contribution is 2.14. The van der Waals surface area contributed by atoms with Crippen LogP contribution in [0.15, 0.2) is 24.3 Å². The zero-order valence-corrected chi connectivity index (χ0v) is 15.4. The normalized spacial score (nSPS) is 12.0. The van der Waals surface area contributed by atoms with Gasteiger partial charge >= 0.3 is 6.03 Å². The lowest BCUT2D eigenvalue weighted by molar-refractivity contribution is -0.862. The van der Waals surface area contributed by atoms with Crippen LogP contribution in [0.4, 0.5) is 10.5 Å². The van der Waals surface area contributed by atoms with E-state index < -0.39 is 17.5 Å². The Morgan fingerprint density at radius 2 is 1.60 bits per heavy atom. The Bertz CT molecular complexity index is 608. The maximum absolute atomic E-state index is 12.0. The van der Waals surface area contributed by atoms with E-state index in [1.165, 1.54) is 0 Å². The van der Waals surface area contributed by atoms with E-state index in [4.69, 9.17) is 4.74 Å². The summed E-state index contributed by atoms with van der Waals surface area (Å²) in [6.45, 7) is 5.56. The number of methoxy groups -OCH3 is 1. The second-order valence-corrected chi connectivity index (χ2v) is 6.84. The third-order valence-corrected chi connectivity index (χ3v) is 3.04. The van der Waals surface area contributed by atoms with E-state index in [9.17, 15) is 14.4 Å². The molecule has 1 aromatic carbocycles. The number of amides is 4. The first-order valence-corrected chi connectivity index (χ1v) is 7.96. The quantitative estimate of drug-likeness (QED) is 0.569. The van der Waals surface area contributed by atoms with Gasteiger partial charge in [-0.25, -0.2) is 4.79 Å². The number of hydrogen-bond acceptors (Lipinski definition) is 4. The molecular formula is C17H27N4O4+. The fourth-order valence-corrected chi connectivity index (χ4v) is 2.03. The number of likely N-dealkylation sites (N-methyl/N-ethyl adjacent to an activating group) is 1. The molecule has 0 bridgehead atoms. The number of carbonyl (C=O) groups is 3. The molecule has 25 heavy (non-hydrogen) atoms. The summed E-state index contributed by atoms with van der Waals surface area (Å²) in [6, 6.07) is 6.40. The van der Waals surface area contributed by atoms with Gasteiger partial charge in [-0.2, -0.15) is 0 Å². The highest BCUT2D eigenvalue weighted by molar-refractivity contribution is 5.95. The molecule has 0 aliphatic carbocycles. The zero-order valence-electron chi connectivity index (χ0n) is 15.4. The topological polar surface area (TPSA) is 101 Å². The fourth-order valence-electron chi connectivity index (χ4n) is 2.03. The predicted octanol–water partition coefficient (Wildman–Crippen LogP) is -0.227. The van der Waals surface area contributed by atoms with Crippen LogP contribution in [0.5, 0.6) is 5.75 Å². The minimum atomic E-state index is -0.548. The van der Waals surface area contributed by atoms with E-state index >= 15 is 0 Å². The number of quaternary nitrogens is 1. The van der Waals surface area contributed by atoms with Crippen LogP contribution in [0.25, 0.3) is 0 Å². The molecule has 8 nitrogen and oxygen atoms in total. The van der Waals surface area contributed by atoms with Crippen molar-refractivity contribution in [2.45, 2.75) is 26.3 Å². The van der Waals surface area contributed by atoms with Crippen molar-refractivity contribution in [3.05, 3.63) is 24.3 Å². The molecule has 1 unspecified atom stereocenters. The highest BCUT2D eigenvalue weighted by Gasteiger charge is 2.19. The summed E-state index contributed by atoms with van der Waals surface area (Å²) in [6.07, 6.45) is 0. The van der Waals surface area contributed by atoms with Crippen molar-refractivity contribution in [2.75, 3.05) is 32.6 Å². The molecule has 0 heterocycles. The molecule has 0 radical (unpaired) electrons. The number of rotatable bonds is 6. The van der Waals surface area contributed by atoms with Crippen LogP contribution in [0, 0.1) is 0 Å². The van der Waals surface area contributed by atoms with Gasteiger partial charge in [-0.3, -0.25) is 14.9 Å². The molecule has 0 aliphatic rings. The Balaban J connectivity index is 2.39. The summed E-state index contributed by atoms with van der Waals surface area (Å²) < 4.78 is 5.05. The van der Waals surface area contributed by atoms with E-state index in [2.05, 4.69) is 16.0 Å². The van der Waals surface area contributed by atoms with Crippen LogP contribution in [0.2, 0.25) is 0 Å². The van der Waals surface area contributed by atoms with Gasteiger partial charge in [-0.15, -0.1) is 0 Å². The van der Waals surface area contributed by atoms with Crippen LogP contribution >= 0.6 is 0 Å². The van der Waals surface area contributed by atoms with Crippen LogP contribution in [0.3, 0.4) is 0 Å². The molecule has 4 N–H and O–H groups in total. The predicted molar refractivity (Wildman–Crippen MR) is 94.7 cm³/mol. The summed E-state index contributed by atoms with van der Waals surface area (Å²) in [7, 11) is 3.27. The Morgan fingerprint density at radius 3 is 2.12 bits per heavy atom. The number of imide groups is 1. The van der Waals surface area contributed by atoms with E-state index in [1.54, 1.807) is 38.4 Å². The van der Waals surface area contributed by atoms with Crippen LogP contribution in [-0.2, 0) is 9.59 Å². The smallest absolute Gasteiger partial charge is 0.322 e. The minimum Gasteiger partial charge on any atom is -0.497 e. The van der Waals surface area contributed by atoms with Crippen molar-refractivity contribution in [3.8, 4) is 5.75 Å².